The van der Waals surface area contributed by atoms with Crippen molar-refractivity contribution in [2.75, 3.05) is 10.6 Å². The minimum atomic E-state index is -0.713. The van der Waals surface area contributed by atoms with Gasteiger partial charge in [-0.15, -0.1) is 0 Å². The van der Waals surface area contributed by atoms with Crippen molar-refractivity contribution in [1.29, 1.82) is 0 Å². The van der Waals surface area contributed by atoms with Crippen molar-refractivity contribution in [3.63, 3.8) is 0 Å². The minimum Gasteiger partial charge on any atom is -0.444 e. The second kappa shape index (κ2) is 8.32. The zero-order chi connectivity index (χ0) is 21.9. The number of amides is 2. The van der Waals surface area contributed by atoms with E-state index in [4.69, 9.17) is 4.74 Å². The maximum absolute atomic E-state index is 14.1. The van der Waals surface area contributed by atoms with Crippen LogP contribution in [0.2, 0.25) is 0 Å². The lowest BCUT2D eigenvalue weighted by atomic mass is 10.2. The molecular formula is C21H20F2N4O3. The molecule has 0 bridgehead atoms. The highest BCUT2D eigenvalue weighted by atomic mass is 19.1. The summed E-state index contributed by atoms with van der Waals surface area (Å²) in [5, 5.41) is 8.89. The van der Waals surface area contributed by atoms with E-state index in [2.05, 4.69) is 15.7 Å². The lowest BCUT2D eigenvalue weighted by molar-refractivity contribution is 0.0635. The van der Waals surface area contributed by atoms with E-state index < -0.39 is 29.2 Å². The molecule has 0 fully saturated rings. The third-order valence-corrected chi connectivity index (χ3v) is 3.78. The lowest BCUT2D eigenvalue weighted by Gasteiger charge is -2.19. The predicted molar refractivity (Wildman–Crippen MR) is 108 cm³/mol. The first-order chi connectivity index (χ1) is 14.1. The zero-order valence-electron chi connectivity index (χ0n) is 16.6. The average molecular weight is 414 g/mol. The Labute approximate surface area is 171 Å². The van der Waals surface area contributed by atoms with Crippen LogP contribution in [0, 0.1) is 11.6 Å². The van der Waals surface area contributed by atoms with E-state index in [1.165, 1.54) is 47.3 Å². The number of nitrogens with zero attached hydrogens (tertiary/aromatic N) is 2. The Balaban J connectivity index is 1.74. The number of carbonyl (C=O) groups excluding carboxylic acids is 2. The van der Waals surface area contributed by atoms with Gasteiger partial charge < -0.3 is 10.1 Å². The van der Waals surface area contributed by atoms with Gasteiger partial charge in [-0.05, 0) is 57.2 Å². The molecule has 1 aromatic heterocycles. The first-order valence-electron chi connectivity index (χ1n) is 9.04. The first kappa shape index (κ1) is 21.0. The van der Waals surface area contributed by atoms with Gasteiger partial charge in [-0.1, -0.05) is 12.1 Å². The molecule has 0 saturated carbocycles. The molecule has 0 aliphatic heterocycles. The minimum absolute atomic E-state index is 0.0387. The van der Waals surface area contributed by atoms with Crippen LogP contribution >= 0.6 is 0 Å². The summed E-state index contributed by atoms with van der Waals surface area (Å²) in [4.78, 5) is 24.3. The fraction of sp³-hybridized carbons (Fsp3) is 0.190. The number of rotatable bonds is 4. The molecule has 1 heterocycles. The van der Waals surface area contributed by atoms with Crippen molar-refractivity contribution >= 4 is 23.4 Å². The highest BCUT2D eigenvalue weighted by Crippen LogP contribution is 2.21. The second-order valence-electron chi connectivity index (χ2n) is 7.37. The molecule has 30 heavy (non-hydrogen) atoms. The van der Waals surface area contributed by atoms with Crippen LogP contribution in [0.5, 0.6) is 0 Å². The molecule has 3 rings (SSSR count). The van der Waals surface area contributed by atoms with Gasteiger partial charge >= 0.3 is 6.09 Å². The van der Waals surface area contributed by atoms with Crippen LogP contribution in [-0.2, 0) is 4.74 Å². The third-order valence-electron chi connectivity index (χ3n) is 3.78. The number of anilines is 2. The van der Waals surface area contributed by atoms with Crippen LogP contribution in [0.25, 0.3) is 5.69 Å². The highest BCUT2D eigenvalue weighted by Gasteiger charge is 2.18. The van der Waals surface area contributed by atoms with Crippen LogP contribution in [0.15, 0.2) is 54.7 Å². The molecule has 2 aromatic carbocycles. The SMILES string of the molecule is CC(C)(C)OC(=O)Nc1ccc(F)c(NC(=O)c2ccn(-c3ccccc3F)n2)c1. The Morgan fingerprint density at radius 3 is 2.43 bits per heavy atom. The lowest BCUT2D eigenvalue weighted by Crippen LogP contribution is -2.27. The van der Waals surface area contributed by atoms with E-state index in [0.717, 1.165) is 6.07 Å². The van der Waals surface area contributed by atoms with Gasteiger partial charge in [0.25, 0.3) is 5.91 Å². The summed E-state index contributed by atoms with van der Waals surface area (Å²) in [7, 11) is 0. The molecule has 156 valence electrons. The maximum atomic E-state index is 14.1. The number of hydrogen-bond donors (Lipinski definition) is 2. The van der Waals surface area contributed by atoms with Gasteiger partial charge in [0.15, 0.2) is 5.69 Å². The van der Waals surface area contributed by atoms with Crippen molar-refractivity contribution in [2.24, 2.45) is 0 Å². The van der Waals surface area contributed by atoms with Crippen LogP contribution in [0.1, 0.15) is 31.3 Å². The standard InChI is InChI=1S/C21H20F2N4O3/c1-21(2,3)30-20(29)24-13-8-9-14(22)17(12-13)25-19(28)16-10-11-27(26-16)18-7-5-4-6-15(18)23/h4-12H,1-3H3,(H,24,29)(H,25,28). The third kappa shape index (κ3) is 5.19. The van der Waals surface area contributed by atoms with E-state index in [-0.39, 0.29) is 22.8 Å². The van der Waals surface area contributed by atoms with Gasteiger partial charge in [0.05, 0.1) is 5.69 Å². The van der Waals surface area contributed by atoms with Crippen molar-refractivity contribution in [2.45, 2.75) is 26.4 Å². The summed E-state index contributed by atoms with van der Waals surface area (Å²) in [6.07, 6.45) is 0.708. The molecule has 0 atom stereocenters. The van der Waals surface area contributed by atoms with Gasteiger partial charge in [0.1, 0.15) is 22.9 Å². The van der Waals surface area contributed by atoms with Crippen molar-refractivity contribution < 1.29 is 23.1 Å². The number of carbonyl (C=O) groups is 2. The maximum Gasteiger partial charge on any atom is 0.412 e. The molecule has 0 spiro atoms. The first-order valence-corrected chi connectivity index (χ1v) is 9.04. The Kier molecular flexibility index (Phi) is 5.81. The van der Waals surface area contributed by atoms with Crippen molar-refractivity contribution in [1.82, 2.24) is 9.78 Å². The number of aromatic nitrogens is 2. The van der Waals surface area contributed by atoms with Crippen LogP contribution < -0.4 is 10.6 Å². The largest absolute Gasteiger partial charge is 0.444 e. The second-order valence-corrected chi connectivity index (χ2v) is 7.37. The van der Waals surface area contributed by atoms with E-state index in [1.54, 1.807) is 26.8 Å². The van der Waals surface area contributed by atoms with Gasteiger partial charge in [-0.25, -0.2) is 18.3 Å². The summed E-state index contributed by atoms with van der Waals surface area (Å²) in [6.45, 7) is 5.13. The molecule has 3 aromatic rings. The average Bonchev–Trinajstić information content (AvgIpc) is 3.13. The fourth-order valence-electron chi connectivity index (χ4n) is 2.52. The molecule has 0 unspecified atom stereocenters. The van der Waals surface area contributed by atoms with Crippen LogP contribution in [0.3, 0.4) is 0 Å². The van der Waals surface area contributed by atoms with E-state index >= 15 is 0 Å². The molecule has 0 aliphatic carbocycles. The number of ether oxygens (including phenoxy) is 1. The molecule has 9 heteroatoms. The van der Waals surface area contributed by atoms with Crippen LogP contribution in [-0.4, -0.2) is 27.4 Å². The summed E-state index contributed by atoms with van der Waals surface area (Å²) < 4.78 is 34.4. The summed E-state index contributed by atoms with van der Waals surface area (Å²) in [5.74, 6) is -1.90. The topological polar surface area (TPSA) is 85.3 Å². The zero-order valence-corrected chi connectivity index (χ0v) is 16.6. The van der Waals surface area contributed by atoms with Crippen LogP contribution in [0.4, 0.5) is 25.0 Å². The fourth-order valence-corrected chi connectivity index (χ4v) is 2.52. The normalized spacial score (nSPS) is 11.1. The number of halogens is 2. The Bertz CT molecular complexity index is 1090. The van der Waals surface area contributed by atoms with E-state index in [0.29, 0.717) is 0 Å². The number of benzene rings is 2. The monoisotopic (exact) mass is 414 g/mol. The molecule has 2 N–H and O–H groups in total. The smallest absolute Gasteiger partial charge is 0.412 e. The van der Waals surface area contributed by atoms with E-state index in [9.17, 15) is 18.4 Å². The molecule has 0 aliphatic rings. The molecule has 7 nitrogen and oxygen atoms in total. The Morgan fingerprint density at radius 2 is 1.73 bits per heavy atom. The molecule has 0 radical (unpaired) electrons. The number of nitrogens with one attached hydrogen (secondary N) is 2. The van der Waals surface area contributed by atoms with Gasteiger partial charge in [-0.3, -0.25) is 10.1 Å². The van der Waals surface area contributed by atoms with Gasteiger partial charge in [-0.2, -0.15) is 5.10 Å². The van der Waals surface area contributed by atoms with Crippen molar-refractivity contribution in [3.8, 4) is 5.69 Å². The highest BCUT2D eigenvalue weighted by molar-refractivity contribution is 6.03. The molecule has 2 amide bonds. The quantitative estimate of drug-likeness (QED) is 0.645. The summed E-state index contributed by atoms with van der Waals surface area (Å²) in [6, 6.07) is 11.0. The Hall–Kier alpha value is -3.75. The predicted octanol–water partition coefficient (Wildman–Crippen LogP) is 4.75. The Morgan fingerprint density at radius 1 is 1.00 bits per heavy atom. The molecule has 0 saturated heterocycles. The summed E-state index contributed by atoms with van der Waals surface area (Å²) in [5.41, 5.74) is -0.487. The molecular weight excluding hydrogens is 394 g/mol. The van der Waals surface area contributed by atoms with Crippen molar-refractivity contribution in [3.05, 3.63) is 72.1 Å². The van der Waals surface area contributed by atoms with Gasteiger partial charge in [0, 0.05) is 11.9 Å². The van der Waals surface area contributed by atoms with E-state index in [1.807, 2.05) is 0 Å². The number of hydrogen-bond acceptors (Lipinski definition) is 4. The summed E-state index contributed by atoms with van der Waals surface area (Å²) >= 11 is 0. The van der Waals surface area contributed by atoms with Gasteiger partial charge in [0.2, 0.25) is 0 Å². The number of para-hydroxylation sites is 1.